The lowest BCUT2D eigenvalue weighted by Crippen LogP contribution is -2.15. The first-order valence-corrected chi connectivity index (χ1v) is 7.87. The van der Waals surface area contributed by atoms with Gasteiger partial charge >= 0.3 is 0 Å². The van der Waals surface area contributed by atoms with Gasteiger partial charge in [-0.05, 0) is 43.2 Å². The summed E-state index contributed by atoms with van der Waals surface area (Å²) in [6, 6.07) is 11.3. The van der Waals surface area contributed by atoms with Gasteiger partial charge in [0.1, 0.15) is 0 Å². The highest BCUT2D eigenvalue weighted by atomic mass is 35.5. The molecule has 0 fully saturated rings. The highest BCUT2D eigenvalue weighted by molar-refractivity contribution is 8.00. The second-order valence-corrected chi connectivity index (χ2v) is 6.24. The van der Waals surface area contributed by atoms with E-state index in [2.05, 4.69) is 5.32 Å². The summed E-state index contributed by atoms with van der Waals surface area (Å²) < 4.78 is 0. The molecule has 2 aromatic carbocycles. The Kier molecular flexibility index (Phi) is 5.15. The summed E-state index contributed by atoms with van der Waals surface area (Å²) in [5.74, 6) is 0.291. The first-order chi connectivity index (χ1) is 9.97. The maximum Gasteiger partial charge on any atom is 0.234 e. The predicted molar refractivity (Wildman–Crippen MR) is 91.1 cm³/mol. The Labute approximate surface area is 133 Å². The Morgan fingerprint density at radius 3 is 2.52 bits per heavy atom. The van der Waals surface area contributed by atoms with Crippen molar-refractivity contribution >= 4 is 40.6 Å². The van der Waals surface area contributed by atoms with E-state index in [0.29, 0.717) is 16.5 Å². The number of nitrogens with one attached hydrogen (secondary N) is 1. The second-order valence-electron chi connectivity index (χ2n) is 4.79. The van der Waals surface area contributed by atoms with Crippen LogP contribution < -0.4 is 11.1 Å². The molecule has 0 saturated carbocycles. The van der Waals surface area contributed by atoms with Crippen LogP contribution in [-0.4, -0.2) is 11.7 Å². The summed E-state index contributed by atoms with van der Waals surface area (Å²) in [5, 5.41) is 3.47. The Morgan fingerprint density at radius 2 is 1.90 bits per heavy atom. The fourth-order valence-electron chi connectivity index (χ4n) is 1.93. The molecule has 5 heteroatoms. The van der Waals surface area contributed by atoms with Gasteiger partial charge in [-0.1, -0.05) is 29.8 Å². The fraction of sp³-hybridized carbons (Fsp3) is 0.188. The average Bonchev–Trinajstić information content (AvgIpc) is 2.44. The molecular weight excluding hydrogens is 304 g/mol. The number of carbonyl (C=O) groups excluding carboxylic acids is 1. The van der Waals surface area contributed by atoms with Crippen molar-refractivity contribution in [3.8, 4) is 0 Å². The van der Waals surface area contributed by atoms with Crippen LogP contribution in [-0.2, 0) is 4.79 Å². The van der Waals surface area contributed by atoms with E-state index in [9.17, 15) is 4.79 Å². The lowest BCUT2D eigenvalue weighted by Gasteiger charge is -2.11. The third-order valence-corrected chi connectivity index (χ3v) is 4.41. The molecule has 3 N–H and O–H groups in total. The summed E-state index contributed by atoms with van der Waals surface area (Å²) in [6.07, 6.45) is 0. The highest BCUT2D eigenvalue weighted by Gasteiger charge is 2.08. The summed E-state index contributed by atoms with van der Waals surface area (Å²) in [4.78, 5) is 13.0. The van der Waals surface area contributed by atoms with E-state index in [-0.39, 0.29) is 5.91 Å². The van der Waals surface area contributed by atoms with Gasteiger partial charge in [-0.3, -0.25) is 4.79 Å². The van der Waals surface area contributed by atoms with Crippen molar-refractivity contribution in [1.29, 1.82) is 0 Å². The number of benzene rings is 2. The van der Waals surface area contributed by atoms with Gasteiger partial charge in [0.2, 0.25) is 5.91 Å². The number of amides is 1. The van der Waals surface area contributed by atoms with Crippen LogP contribution in [0.1, 0.15) is 11.1 Å². The van der Waals surface area contributed by atoms with Crippen LogP contribution in [0, 0.1) is 13.8 Å². The van der Waals surface area contributed by atoms with Gasteiger partial charge in [0, 0.05) is 10.6 Å². The molecule has 2 aromatic rings. The van der Waals surface area contributed by atoms with Crippen LogP contribution in [0.2, 0.25) is 5.02 Å². The lowest BCUT2D eigenvalue weighted by atomic mass is 10.1. The molecule has 1 amide bonds. The summed E-state index contributed by atoms with van der Waals surface area (Å²) >= 11 is 7.39. The van der Waals surface area contributed by atoms with Crippen molar-refractivity contribution in [3.63, 3.8) is 0 Å². The van der Waals surface area contributed by atoms with Crippen LogP contribution in [0.25, 0.3) is 0 Å². The largest absolute Gasteiger partial charge is 0.398 e. The predicted octanol–water partition coefficient (Wildman–Crippen LogP) is 4.27. The zero-order valence-corrected chi connectivity index (χ0v) is 13.5. The monoisotopic (exact) mass is 320 g/mol. The van der Waals surface area contributed by atoms with Crippen molar-refractivity contribution in [2.45, 2.75) is 18.7 Å². The van der Waals surface area contributed by atoms with E-state index in [0.717, 1.165) is 21.7 Å². The number of nitrogens with two attached hydrogens (primary N) is 1. The smallest absolute Gasteiger partial charge is 0.234 e. The molecule has 0 spiro atoms. The molecule has 0 aliphatic rings. The lowest BCUT2D eigenvalue weighted by molar-refractivity contribution is -0.113. The van der Waals surface area contributed by atoms with Gasteiger partial charge in [-0.2, -0.15) is 0 Å². The van der Waals surface area contributed by atoms with Crippen molar-refractivity contribution in [3.05, 3.63) is 52.5 Å². The van der Waals surface area contributed by atoms with E-state index < -0.39 is 0 Å². The summed E-state index contributed by atoms with van der Waals surface area (Å²) in [5.41, 5.74) is 9.21. The number of rotatable bonds is 4. The number of hydrogen-bond acceptors (Lipinski definition) is 3. The van der Waals surface area contributed by atoms with Crippen LogP contribution in [0.5, 0.6) is 0 Å². The van der Waals surface area contributed by atoms with E-state index in [4.69, 9.17) is 17.3 Å². The van der Waals surface area contributed by atoms with E-state index in [1.807, 2.05) is 38.1 Å². The molecule has 0 heterocycles. The third-order valence-electron chi connectivity index (χ3n) is 3.09. The quantitative estimate of drug-likeness (QED) is 0.653. The number of nitrogen functional groups attached to an aromatic ring is 1. The number of thioether (sulfide) groups is 1. The maximum absolute atomic E-state index is 12.1. The summed E-state index contributed by atoms with van der Waals surface area (Å²) in [6.45, 7) is 3.96. The molecule has 0 aliphatic heterocycles. The molecule has 2 rings (SSSR count). The molecule has 21 heavy (non-hydrogen) atoms. The molecule has 110 valence electrons. The minimum Gasteiger partial charge on any atom is -0.398 e. The van der Waals surface area contributed by atoms with Gasteiger partial charge in [0.15, 0.2) is 0 Å². The topological polar surface area (TPSA) is 55.1 Å². The van der Waals surface area contributed by atoms with Crippen molar-refractivity contribution in [1.82, 2.24) is 0 Å². The minimum absolute atomic E-state index is 0.0367. The van der Waals surface area contributed by atoms with Crippen molar-refractivity contribution in [2.75, 3.05) is 16.8 Å². The Morgan fingerprint density at radius 1 is 1.24 bits per heavy atom. The number of halogens is 1. The van der Waals surface area contributed by atoms with Crippen LogP contribution in [0.15, 0.2) is 41.3 Å². The Balaban J connectivity index is 1.97. The molecule has 0 saturated heterocycles. The molecule has 0 bridgehead atoms. The molecule has 0 aromatic heterocycles. The summed E-state index contributed by atoms with van der Waals surface area (Å²) in [7, 11) is 0. The number of anilines is 2. The van der Waals surface area contributed by atoms with Crippen molar-refractivity contribution in [2.24, 2.45) is 0 Å². The molecule has 3 nitrogen and oxygen atoms in total. The van der Waals surface area contributed by atoms with E-state index in [1.165, 1.54) is 11.8 Å². The van der Waals surface area contributed by atoms with Gasteiger partial charge < -0.3 is 11.1 Å². The van der Waals surface area contributed by atoms with Crippen LogP contribution in [0.3, 0.4) is 0 Å². The van der Waals surface area contributed by atoms with Gasteiger partial charge in [-0.15, -0.1) is 11.8 Å². The molecule has 0 unspecified atom stereocenters. The molecule has 0 radical (unpaired) electrons. The van der Waals surface area contributed by atoms with E-state index >= 15 is 0 Å². The maximum atomic E-state index is 12.1. The standard InChI is InChI=1S/C16H17ClN2OS/c1-10-4-3-5-11(2)16(10)19-15(20)9-21-12-6-7-14(18)13(17)8-12/h3-8H,9,18H2,1-2H3,(H,19,20). The van der Waals surface area contributed by atoms with Crippen LogP contribution in [0.4, 0.5) is 11.4 Å². The first kappa shape index (κ1) is 15.7. The van der Waals surface area contributed by atoms with Gasteiger partial charge in [0.05, 0.1) is 16.5 Å². The number of hydrogen-bond donors (Lipinski definition) is 2. The van der Waals surface area contributed by atoms with E-state index in [1.54, 1.807) is 12.1 Å². The Bertz CT molecular complexity index is 653. The van der Waals surface area contributed by atoms with Gasteiger partial charge in [-0.25, -0.2) is 0 Å². The van der Waals surface area contributed by atoms with Gasteiger partial charge in [0.25, 0.3) is 0 Å². The average molecular weight is 321 g/mol. The zero-order chi connectivity index (χ0) is 15.4. The Hall–Kier alpha value is -1.65. The SMILES string of the molecule is Cc1cccc(C)c1NC(=O)CSc1ccc(N)c(Cl)c1. The normalized spacial score (nSPS) is 10.4. The number of aryl methyl sites for hydroxylation is 2. The number of carbonyl (C=O) groups is 1. The first-order valence-electron chi connectivity index (χ1n) is 6.51. The second kappa shape index (κ2) is 6.87. The fourth-order valence-corrected chi connectivity index (χ4v) is 2.91. The zero-order valence-electron chi connectivity index (χ0n) is 11.9. The highest BCUT2D eigenvalue weighted by Crippen LogP contribution is 2.26. The van der Waals surface area contributed by atoms with Crippen molar-refractivity contribution < 1.29 is 4.79 Å². The minimum atomic E-state index is -0.0367. The molecular formula is C16H17ClN2OS. The molecule has 0 atom stereocenters. The third kappa shape index (κ3) is 4.16. The van der Waals surface area contributed by atoms with Crippen LogP contribution >= 0.6 is 23.4 Å². The number of para-hydroxylation sites is 1. The molecule has 0 aliphatic carbocycles.